The van der Waals surface area contributed by atoms with E-state index in [4.69, 9.17) is 19.9 Å². The number of rotatable bonds is 8. The molecular weight excluding hydrogens is 669 g/mol. The van der Waals surface area contributed by atoms with Crippen LogP contribution in [0.15, 0.2) is 176 Å². The summed E-state index contributed by atoms with van der Waals surface area (Å²) in [6.07, 6.45) is 2.86. The highest BCUT2D eigenvalue weighted by Gasteiger charge is 2.67. The summed E-state index contributed by atoms with van der Waals surface area (Å²) >= 11 is 0. The fourth-order valence-corrected chi connectivity index (χ4v) is 9.59. The molecule has 0 N–H and O–H groups in total. The Morgan fingerprint density at radius 1 is 0.327 bits per heavy atom. The van der Waals surface area contributed by atoms with Crippen molar-refractivity contribution < 1.29 is 0 Å². The normalized spacial score (nSPS) is 20.4. The van der Waals surface area contributed by atoms with Crippen molar-refractivity contribution in [1.82, 2.24) is 19.9 Å². The lowest BCUT2D eigenvalue weighted by Gasteiger charge is -2.73. The molecule has 55 heavy (non-hydrogen) atoms. The summed E-state index contributed by atoms with van der Waals surface area (Å²) in [4.78, 5) is 20.3. The molecule has 6 aromatic carbocycles. The molecule has 2 atom stereocenters. The second-order valence-electron chi connectivity index (χ2n) is 15.5. The average molecular weight is 707 g/mol. The van der Waals surface area contributed by atoms with Gasteiger partial charge in [-0.25, -0.2) is 19.9 Å². The molecule has 4 heteroatoms. The van der Waals surface area contributed by atoms with E-state index >= 15 is 0 Å². The Kier molecular flexibility index (Phi) is 7.61. The molecule has 0 spiro atoms. The van der Waals surface area contributed by atoms with Crippen molar-refractivity contribution in [2.24, 2.45) is 23.7 Å². The summed E-state index contributed by atoms with van der Waals surface area (Å²) in [5.41, 5.74) is 13.8. The average Bonchev–Trinajstić information content (AvgIpc) is 3.27. The summed E-state index contributed by atoms with van der Waals surface area (Å²) in [6.45, 7) is 0. The zero-order chi connectivity index (χ0) is 36.3. The summed E-state index contributed by atoms with van der Waals surface area (Å²) in [5.74, 6) is 6.02. The van der Waals surface area contributed by atoms with E-state index in [2.05, 4.69) is 140 Å². The molecule has 2 unspecified atom stereocenters. The standard InChI is InChI=1S/C51H38N4/c1-4-11-34(12-5-1)44-30-45(35-13-6-2-7-14-35)53-50(52-44)37-23-19-32(20-24-37)33-21-25-38(26-22-33)51-54-46(36-15-8-3-9-16-36)31-47(55-51)39-17-10-18-40(27-39)48-42-28-41-29-43(48)49(41)42/h1-27,30-31,41-43,48-49H,28-29H2. The summed E-state index contributed by atoms with van der Waals surface area (Å²) in [5, 5.41) is 0. The molecule has 0 saturated heterocycles. The van der Waals surface area contributed by atoms with Crippen LogP contribution in [0.4, 0.5) is 0 Å². The van der Waals surface area contributed by atoms with Gasteiger partial charge >= 0.3 is 0 Å². The van der Waals surface area contributed by atoms with E-state index in [1.54, 1.807) is 0 Å². The van der Waals surface area contributed by atoms with Gasteiger partial charge in [-0.2, -0.15) is 0 Å². The van der Waals surface area contributed by atoms with Gasteiger partial charge in [-0.3, -0.25) is 0 Å². The number of benzene rings is 6. The van der Waals surface area contributed by atoms with Gasteiger partial charge in [0.15, 0.2) is 11.6 Å². The summed E-state index contributed by atoms with van der Waals surface area (Å²) in [6, 6.07) is 61.6. The predicted octanol–water partition coefficient (Wildman–Crippen LogP) is 12.3. The fourth-order valence-electron chi connectivity index (χ4n) is 9.59. The third-order valence-electron chi connectivity index (χ3n) is 12.5. The topological polar surface area (TPSA) is 51.6 Å². The minimum Gasteiger partial charge on any atom is -0.228 e. The minimum atomic E-state index is 0.704. The number of hydrogen-bond acceptors (Lipinski definition) is 4. The zero-order valence-electron chi connectivity index (χ0n) is 30.3. The molecule has 0 amide bonds. The molecule has 4 nitrogen and oxygen atoms in total. The van der Waals surface area contributed by atoms with Gasteiger partial charge in [-0.1, -0.05) is 158 Å². The molecule has 0 radical (unpaired) electrons. The van der Waals surface area contributed by atoms with Gasteiger partial charge in [0.1, 0.15) is 0 Å². The van der Waals surface area contributed by atoms with Gasteiger partial charge in [-0.05, 0) is 77.3 Å². The molecule has 2 heterocycles. The molecule has 8 aromatic rings. The molecule has 3 fully saturated rings. The maximum atomic E-state index is 5.20. The molecule has 262 valence electrons. The first-order valence-corrected chi connectivity index (χ1v) is 19.5. The van der Waals surface area contributed by atoms with Gasteiger partial charge in [0, 0.05) is 33.4 Å². The molecular formula is C51H38N4. The van der Waals surface area contributed by atoms with E-state index in [9.17, 15) is 0 Å². The van der Waals surface area contributed by atoms with Gasteiger partial charge < -0.3 is 0 Å². The van der Waals surface area contributed by atoms with E-state index < -0.39 is 0 Å². The van der Waals surface area contributed by atoms with Crippen molar-refractivity contribution >= 4 is 0 Å². The van der Waals surface area contributed by atoms with E-state index in [0.29, 0.717) is 5.82 Å². The van der Waals surface area contributed by atoms with Crippen LogP contribution in [0.5, 0.6) is 0 Å². The molecule has 3 aliphatic carbocycles. The third-order valence-corrected chi connectivity index (χ3v) is 12.5. The quantitative estimate of drug-likeness (QED) is 0.158. The van der Waals surface area contributed by atoms with E-state index in [1.165, 1.54) is 24.0 Å². The first-order chi connectivity index (χ1) is 27.2. The second-order valence-corrected chi connectivity index (χ2v) is 15.5. The Morgan fingerprint density at radius 2 is 0.709 bits per heavy atom. The fraction of sp³-hybridized carbons (Fsp3) is 0.137. The van der Waals surface area contributed by atoms with Crippen LogP contribution in [0.1, 0.15) is 24.3 Å². The lowest BCUT2D eigenvalue weighted by molar-refractivity contribution is -0.214. The molecule has 3 aliphatic rings. The van der Waals surface area contributed by atoms with E-state index in [0.717, 1.165) is 97.1 Å². The van der Waals surface area contributed by atoms with Crippen LogP contribution in [0.3, 0.4) is 0 Å². The lowest BCUT2D eigenvalue weighted by atomic mass is 9.31. The van der Waals surface area contributed by atoms with Crippen molar-refractivity contribution in [1.29, 1.82) is 0 Å². The van der Waals surface area contributed by atoms with Gasteiger partial charge in [0.05, 0.1) is 22.8 Å². The number of nitrogens with zero attached hydrogens (tertiary/aromatic N) is 4. The monoisotopic (exact) mass is 706 g/mol. The minimum absolute atomic E-state index is 0.704. The highest BCUT2D eigenvalue weighted by Crippen LogP contribution is 2.75. The van der Waals surface area contributed by atoms with Crippen LogP contribution in [0, 0.1) is 23.7 Å². The van der Waals surface area contributed by atoms with Crippen LogP contribution < -0.4 is 0 Å². The highest BCUT2D eigenvalue weighted by atomic mass is 14.9. The van der Waals surface area contributed by atoms with Crippen molar-refractivity contribution in [2.45, 2.75) is 18.8 Å². The second kappa shape index (κ2) is 13.1. The number of aromatic nitrogens is 4. The van der Waals surface area contributed by atoms with E-state index in [-0.39, 0.29) is 0 Å². The zero-order valence-corrected chi connectivity index (χ0v) is 30.3. The highest BCUT2D eigenvalue weighted by molar-refractivity contribution is 5.76. The van der Waals surface area contributed by atoms with Gasteiger partial charge in [0.25, 0.3) is 0 Å². The van der Waals surface area contributed by atoms with Crippen molar-refractivity contribution in [3.05, 3.63) is 181 Å². The number of hydrogen-bond donors (Lipinski definition) is 0. The Morgan fingerprint density at radius 3 is 1.11 bits per heavy atom. The third kappa shape index (κ3) is 5.68. The van der Waals surface area contributed by atoms with Crippen LogP contribution in [-0.4, -0.2) is 19.9 Å². The molecule has 2 aromatic heterocycles. The molecule has 0 bridgehead atoms. The summed E-state index contributed by atoms with van der Waals surface area (Å²) in [7, 11) is 0. The van der Waals surface area contributed by atoms with Crippen LogP contribution >= 0.6 is 0 Å². The SMILES string of the molecule is c1ccc(-c2cc(-c3ccccc3)nc(-c3ccc(-c4ccc(-c5nc(-c6ccccc6)cc(-c6cccc(C7C8CC9CC7C98)c6)n5)cc4)cc3)n2)cc1. The van der Waals surface area contributed by atoms with Crippen LogP contribution in [0.2, 0.25) is 0 Å². The van der Waals surface area contributed by atoms with Crippen LogP contribution in [-0.2, 0) is 0 Å². The maximum absolute atomic E-state index is 5.20. The smallest absolute Gasteiger partial charge is 0.160 e. The molecule has 11 rings (SSSR count). The first-order valence-electron chi connectivity index (χ1n) is 19.5. The summed E-state index contributed by atoms with van der Waals surface area (Å²) < 4.78 is 0. The predicted molar refractivity (Wildman–Crippen MR) is 222 cm³/mol. The molecule has 0 aliphatic heterocycles. The van der Waals surface area contributed by atoms with Crippen molar-refractivity contribution in [3.8, 4) is 78.9 Å². The van der Waals surface area contributed by atoms with Crippen LogP contribution in [0.25, 0.3) is 78.9 Å². The molecule has 3 saturated carbocycles. The largest absolute Gasteiger partial charge is 0.228 e. The van der Waals surface area contributed by atoms with Gasteiger partial charge in [-0.15, -0.1) is 0 Å². The van der Waals surface area contributed by atoms with Crippen molar-refractivity contribution in [2.75, 3.05) is 0 Å². The lowest BCUT2D eigenvalue weighted by Crippen LogP contribution is -2.65. The van der Waals surface area contributed by atoms with Crippen molar-refractivity contribution in [3.63, 3.8) is 0 Å². The first kappa shape index (κ1) is 32.0. The Hall–Kier alpha value is -6.52. The van der Waals surface area contributed by atoms with Gasteiger partial charge in [0.2, 0.25) is 0 Å². The Bertz CT molecular complexity index is 2590. The Labute approximate surface area is 321 Å². The Balaban J connectivity index is 0.903. The van der Waals surface area contributed by atoms with E-state index in [1.807, 2.05) is 36.4 Å². The maximum Gasteiger partial charge on any atom is 0.160 e.